The van der Waals surface area contributed by atoms with Crippen molar-refractivity contribution >= 4 is 30.7 Å². The van der Waals surface area contributed by atoms with Gasteiger partial charge in [-0.05, 0) is 39.3 Å². The first-order valence-electron chi connectivity index (χ1n) is 6.65. The smallest absolute Gasteiger partial charge is 0.291 e. The summed E-state index contributed by atoms with van der Waals surface area (Å²) >= 11 is 0. The zero-order chi connectivity index (χ0) is 13.0. The Bertz CT molecular complexity index is 406. The van der Waals surface area contributed by atoms with E-state index in [1.807, 2.05) is 11.8 Å². The summed E-state index contributed by atoms with van der Waals surface area (Å²) in [5.41, 5.74) is 0.676. The van der Waals surface area contributed by atoms with E-state index < -0.39 is 0 Å². The van der Waals surface area contributed by atoms with Crippen molar-refractivity contribution < 1.29 is 9.21 Å². The normalized spacial score (nSPS) is 15.1. The van der Waals surface area contributed by atoms with Crippen LogP contribution in [0.4, 0.5) is 0 Å². The molecule has 0 aliphatic carbocycles. The SMILES string of the molecule is CCCN(C(=O)c1ocnc1C)C1CCNCC1.Cl.Cl. The lowest BCUT2D eigenvalue weighted by Gasteiger charge is -2.34. The zero-order valence-electron chi connectivity index (χ0n) is 11.9. The molecule has 0 aromatic carbocycles. The minimum atomic E-state index is -0.0150. The van der Waals surface area contributed by atoms with Crippen LogP contribution in [0.25, 0.3) is 0 Å². The van der Waals surface area contributed by atoms with E-state index in [0.717, 1.165) is 38.9 Å². The molecule has 5 nitrogen and oxygen atoms in total. The van der Waals surface area contributed by atoms with E-state index in [4.69, 9.17) is 4.42 Å². The van der Waals surface area contributed by atoms with Gasteiger partial charge in [0.15, 0.2) is 6.39 Å². The maximum absolute atomic E-state index is 12.5. The fourth-order valence-electron chi connectivity index (χ4n) is 2.45. The summed E-state index contributed by atoms with van der Waals surface area (Å²) in [5, 5.41) is 3.32. The summed E-state index contributed by atoms with van der Waals surface area (Å²) in [6.45, 7) is 6.64. The molecule has 2 rings (SSSR count). The van der Waals surface area contributed by atoms with Gasteiger partial charge in [0.1, 0.15) is 0 Å². The Hall–Kier alpha value is -0.780. The van der Waals surface area contributed by atoms with Gasteiger partial charge in [-0.15, -0.1) is 24.8 Å². The number of nitrogens with zero attached hydrogens (tertiary/aromatic N) is 2. The van der Waals surface area contributed by atoms with Crippen molar-refractivity contribution in [2.45, 2.75) is 39.2 Å². The van der Waals surface area contributed by atoms with Gasteiger partial charge >= 0.3 is 0 Å². The van der Waals surface area contributed by atoms with E-state index in [1.54, 1.807) is 0 Å². The second kappa shape index (κ2) is 9.21. The van der Waals surface area contributed by atoms with Crippen molar-refractivity contribution in [1.82, 2.24) is 15.2 Å². The molecule has 1 saturated heterocycles. The number of piperidine rings is 1. The van der Waals surface area contributed by atoms with Crippen LogP contribution in [0.5, 0.6) is 0 Å². The van der Waals surface area contributed by atoms with E-state index >= 15 is 0 Å². The summed E-state index contributed by atoms with van der Waals surface area (Å²) in [7, 11) is 0. The van der Waals surface area contributed by atoms with Crippen LogP contribution in [0.2, 0.25) is 0 Å². The highest BCUT2D eigenvalue weighted by atomic mass is 35.5. The van der Waals surface area contributed by atoms with Crippen LogP contribution in [0.15, 0.2) is 10.8 Å². The summed E-state index contributed by atoms with van der Waals surface area (Å²) in [5.74, 6) is 0.376. The van der Waals surface area contributed by atoms with Crippen molar-refractivity contribution in [3.05, 3.63) is 17.8 Å². The molecular weight excluding hydrogens is 301 g/mol. The minimum absolute atomic E-state index is 0. The summed E-state index contributed by atoms with van der Waals surface area (Å²) in [6, 6.07) is 0.322. The molecule has 20 heavy (non-hydrogen) atoms. The van der Waals surface area contributed by atoms with Crippen LogP contribution in [-0.4, -0.2) is 41.5 Å². The number of amides is 1. The van der Waals surface area contributed by atoms with Gasteiger partial charge in [-0.25, -0.2) is 4.98 Å². The molecule has 1 aliphatic heterocycles. The Balaban J connectivity index is 0.00000180. The van der Waals surface area contributed by atoms with E-state index in [9.17, 15) is 4.79 Å². The van der Waals surface area contributed by atoms with Gasteiger partial charge in [-0.3, -0.25) is 4.79 Å². The molecule has 1 fully saturated rings. The Labute approximate surface area is 132 Å². The van der Waals surface area contributed by atoms with Crippen LogP contribution in [-0.2, 0) is 0 Å². The lowest BCUT2D eigenvalue weighted by atomic mass is 10.0. The molecular formula is C13H23Cl2N3O2. The molecule has 1 aromatic rings. The van der Waals surface area contributed by atoms with Crippen LogP contribution in [0, 0.1) is 6.92 Å². The van der Waals surface area contributed by atoms with Crippen LogP contribution < -0.4 is 5.32 Å². The number of hydrogen-bond donors (Lipinski definition) is 1. The lowest BCUT2D eigenvalue weighted by molar-refractivity contribution is 0.0609. The van der Waals surface area contributed by atoms with Crippen molar-refractivity contribution in [1.29, 1.82) is 0 Å². The summed E-state index contributed by atoms with van der Waals surface area (Å²) in [4.78, 5) is 18.4. The second-order valence-electron chi connectivity index (χ2n) is 4.75. The molecule has 2 heterocycles. The van der Waals surface area contributed by atoms with Gasteiger partial charge in [0.2, 0.25) is 5.76 Å². The number of oxazole rings is 1. The molecule has 7 heteroatoms. The highest BCUT2D eigenvalue weighted by molar-refractivity contribution is 5.92. The van der Waals surface area contributed by atoms with Gasteiger partial charge in [-0.2, -0.15) is 0 Å². The third-order valence-corrected chi connectivity index (χ3v) is 3.41. The third kappa shape index (κ3) is 4.36. The molecule has 0 saturated carbocycles. The number of aryl methyl sites for hydroxylation is 1. The van der Waals surface area contributed by atoms with Gasteiger partial charge in [0.25, 0.3) is 5.91 Å². The van der Waals surface area contributed by atoms with Crippen LogP contribution >= 0.6 is 24.8 Å². The van der Waals surface area contributed by atoms with Crippen LogP contribution in [0.3, 0.4) is 0 Å². The van der Waals surface area contributed by atoms with Gasteiger partial charge in [-0.1, -0.05) is 6.92 Å². The molecule has 0 bridgehead atoms. The van der Waals surface area contributed by atoms with Crippen molar-refractivity contribution in [3.8, 4) is 0 Å². The van der Waals surface area contributed by atoms with Crippen molar-refractivity contribution in [2.24, 2.45) is 0 Å². The Morgan fingerprint density at radius 2 is 2.10 bits per heavy atom. The molecule has 1 aliphatic rings. The average molecular weight is 324 g/mol. The van der Waals surface area contributed by atoms with Crippen molar-refractivity contribution in [3.63, 3.8) is 0 Å². The first-order valence-corrected chi connectivity index (χ1v) is 6.65. The number of carbonyl (C=O) groups is 1. The van der Waals surface area contributed by atoms with E-state index in [2.05, 4.69) is 17.2 Å². The monoisotopic (exact) mass is 323 g/mol. The average Bonchev–Trinajstić information content (AvgIpc) is 2.82. The minimum Gasteiger partial charge on any atom is -0.438 e. The molecule has 0 unspecified atom stereocenters. The zero-order valence-corrected chi connectivity index (χ0v) is 13.6. The first kappa shape index (κ1) is 19.2. The highest BCUT2D eigenvalue weighted by Crippen LogP contribution is 2.17. The topological polar surface area (TPSA) is 58.4 Å². The number of nitrogens with one attached hydrogen (secondary N) is 1. The predicted octanol–water partition coefficient (Wildman–Crippen LogP) is 2.43. The van der Waals surface area contributed by atoms with E-state index in [1.165, 1.54) is 6.39 Å². The standard InChI is InChI=1S/C13H21N3O2.2ClH/c1-3-8-16(11-4-6-14-7-5-11)13(17)12-10(2)15-9-18-12;;/h9,11,14H,3-8H2,1-2H3;2*1H. The molecule has 0 radical (unpaired) electrons. The Morgan fingerprint density at radius 3 is 2.60 bits per heavy atom. The van der Waals surface area contributed by atoms with Gasteiger partial charge in [0.05, 0.1) is 5.69 Å². The van der Waals surface area contributed by atoms with Gasteiger partial charge < -0.3 is 14.6 Å². The molecule has 1 N–H and O–H groups in total. The van der Waals surface area contributed by atoms with Crippen molar-refractivity contribution in [2.75, 3.05) is 19.6 Å². The molecule has 1 aromatic heterocycles. The number of carbonyl (C=O) groups excluding carboxylic acids is 1. The Kier molecular flexibility index (Phi) is 8.85. The Morgan fingerprint density at radius 1 is 1.45 bits per heavy atom. The quantitative estimate of drug-likeness (QED) is 0.924. The maximum Gasteiger partial charge on any atom is 0.291 e. The number of halogens is 2. The second-order valence-corrected chi connectivity index (χ2v) is 4.75. The van der Waals surface area contributed by atoms with E-state index in [0.29, 0.717) is 17.5 Å². The largest absolute Gasteiger partial charge is 0.438 e. The highest BCUT2D eigenvalue weighted by Gasteiger charge is 2.28. The lowest BCUT2D eigenvalue weighted by Crippen LogP contribution is -2.46. The number of hydrogen-bond acceptors (Lipinski definition) is 4. The fourth-order valence-corrected chi connectivity index (χ4v) is 2.45. The first-order chi connectivity index (χ1) is 8.74. The summed E-state index contributed by atoms with van der Waals surface area (Å²) < 4.78 is 5.23. The molecule has 116 valence electrons. The third-order valence-electron chi connectivity index (χ3n) is 3.41. The number of rotatable bonds is 4. The van der Waals surface area contributed by atoms with Crippen LogP contribution in [0.1, 0.15) is 42.4 Å². The predicted molar refractivity (Wildman–Crippen MR) is 83.0 cm³/mol. The maximum atomic E-state index is 12.5. The number of aromatic nitrogens is 1. The molecule has 0 atom stereocenters. The van der Waals surface area contributed by atoms with Gasteiger partial charge in [0, 0.05) is 12.6 Å². The van der Waals surface area contributed by atoms with E-state index in [-0.39, 0.29) is 30.7 Å². The summed E-state index contributed by atoms with van der Waals surface area (Å²) in [6.07, 6.45) is 4.33. The fraction of sp³-hybridized carbons (Fsp3) is 0.692. The molecule has 0 spiro atoms. The molecule has 1 amide bonds.